The highest BCUT2D eigenvalue weighted by atomic mass is 16.6. The third kappa shape index (κ3) is 3.09. The van der Waals surface area contributed by atoms with Crippen molar-refractivity contribution >= 4 is 0 Å². The minimum absolute atomic E-state index is 0.00634. The molecule has 2 aromatic carbocycles. The third-order valence-corrected chi connectivity index (χ3v) is 14.1. The number of aliphatic hydroxyl groups is 1. The van der Waals surface area contributed by atoms with Gasteiger partial charge in [0.25, 0.3) is 0 Å². The maximum atomic E-state index is 12.0. The Kier molecular flexibility index (Phi) is 5.01. The highest BCUT2D eigenvalue weighted by Gasteiger charge is 2.67. The van der Waals surface area contributed by atoms with E-state index in [4.69, 9.17) is 19.9 Å². The summed E-state index contributed by atoms with van der Waals surface area (Å²) in [4.78, 5) is 5.26. The van der Waals surface area contributed by atoms with Crippen molar-refractivity contribution in [2.24, 2.45) is 23.5 Å². The van der Waals surface area contributed by atoms with Crippen LogP contribution in [0, 0.1) is 17.8 Å². The molecule has 9 aliphatic rings. The van der Waals surface area contributed by atoms with E-state index >= 15 is 0 Å². The molecule has 4 fully saturated rings. The Balaban J connectivity index is 1.01. The minimum atomic E-state index is -0.960. The monoisotopic (exact) mass is 609 g/mol. The van der Waals surface area contributed by atoms with E-state index < -0.39 is 12.2 Å². The van der Waals surface area contributed by atoms with Gasteiger partial charge in [0.15, 0.2) is 23.0 Å². The highest BCUT2D eigenvalue weighted by molar-refractivity contribution is 5.64. The first-order chi connectivity index (χ1) is 21.9. The van der Waals surface area contributed by atoms with Gasteiger partial charge in [0.2, 0.25) is 0 Å². The number of hydrogen-bond donors (Lipinski definition) is 3. The molecular formula is C37H43N3O5. The fourth-order valence-electron chi connectivity index (χ4n) is 12.1. The number of piperidine rings is 2. The van der Waals surface area contributed by atoms with Crippen LogP contribution in [0.25, 0.3) is 0 Å². The quantitative estimate of drug-likeness (QED) is 0.486. The van der Waals surface area contributed by atoms with Gasteiger partial charge in [0.05, 0.1) is 0 Å². The van der Waals surface area contributed by atoms with Crippen molar-refractivity contribution in [1.29, 1.82) is 0 Å². The zero-order valence-corrected chi connectivity index (χ0v) is 26.0. The van der Waals surface area contributed by atoms with E-state index in [1.807, 2.05) is 0 Å². The number of likely N-dealkylation sites (N-methyl/N-ethyl adjacent to an activating group) is 1. The standard InChI is InChI=1S/C37H43N3O5/c1-39-12-10-37-22-16-28(31(42)35(37)44-32-26(41)8-4-19(29(32)37)14-24(22)39)43-27-9-5-20-15-25-21-6-7-23(38)34-36(21,30(20)33(27)45-34)11-13-40(25)17-18-2-3-18/h4-5,8-9,16,18,21-25,31,34-35,41-42H,2-3,6-7,10-15,17,38H2,1H3/t21?,22?,23-,24?,25?,31+,34?,35?,36?,37?/m1/s1. The second-order valence-corrected chi connectivity index (χ2v) is 16.0. The number of phenols is 1. The Morgan fingerprint density at radius 2 is 1.67 bits per heavy atom. The van der Waals surface area contributed by atoms with Gasteiger partial charge >= 0.3 is 0 Å². The van der Waals surface area contributed by atoms with Crippen LogP contribution in [0.1, 0.15) is 60.8 Å². The topological polar surface area (TPSA) is 101 Å². The van der Waals surface area contributed by atoms with Crippen molar-refractivity contribution in [3.8, 4) is 23.0 Å². The molecule has 2 spiro atoms. The summed E-state index contributed by atoms with van der Waals surface area (Å²) >= 11 is 0. The number of nitrogens with zero attached hydrogens (tertiary/aromatic N) is 2. The normalized spacial score (nSPS) is 43.1. The molecule has 5 aliphatic carbocycles. The van der Waals surface area contributed by atoms with Crippen LogP contribution in [-0.4, -0.2) is 83.1 Å². The zero-order chi connectivity index (χ0) is 30.0. The van der Waals surface area contributed by atoms with E-state index in [0.29, 0.717) is 29.2 Å². The van der Waals surface area contributed by atoms with Gasteiger partial charge in [0.1, 0.15) is 24.1 Å². The Hall–Kier alpha value is -2.78. The molecule has 4 bridgehead atoms. The summed E-state index contributed by atoms with van der Waals surface area (Å²) in [6, 6.07) is 8.99. The molecule has 0 amide bonds. The molecule has 8 unspecified atom stereocenters. The number of aromatic hydroxyl groups is 1. The maximum Gasteiger partial charge on any atom is 0.169 e. The highest BCUT2D eigenvalue weighted by Crippen LogP contribution is 2.66. The van der Waals surface area contributed by atoms with Crippen LogP contribution in [0.4, 0.5) is 0 Å². The Morgan fingerprint density at radius 1 is 0.911 bits per heavy atom. The van der Waals surface area contributed by atoms with Crippen LogP contribution in [0.15, 0.2) is 36.1 Å². The number of phenolic OH excluding ortho intramolecular Hbond substituents is 1. The van der Waals surface area contributed by atoms with Crippen molar-refractivity contribution in [2.45, 2.75) is 98.6 Å². The van der Waals surface area contributed by atoms with E-state index in [-0.39, 0.29) is 40.7 Å². The Morgan fingerprint density at radius 3 is 2.51 bits per heavy atom. The number of aliphatic hydroxyl groups excluding tert-OH is 1. The van der Waals surface area contributed by atoms with Gasteiger partial charge in [-0.3, -0.25) is 4.90 Å². The van der Waals surface area contributed by atoms with Crippen LogP contribution in [0.3, 0.4) is 0 Å². The van der Waals surface area contributed by atoms with Crippen molar-refractivity contribution in [3.63, 3.8) is 0 Å². The molecule has 2 saturated carbocycles. The summed E-state index contributed by atoms with van der Waals surface area (Å²) in [5.41, 5.74) is 11.6. The summed E-state index contributed by atoms with van der Waals surface area (Å²) in [5, 5.41) is 22.9. The number of hydrogen-bond acceptors (Lipinski definition) is 8. The summed E-state index contributed by atoms with van der Waals surface area (Å²) in [6.07, 6.45) is 9.54. The van der Waals surface area contributed by atoms with Gasteiger partial charge in [-0.25, -0.2) is 0 Å². The Labute approximate surface area is 264 Å². The number of benzene rings is 2. The van der Waals surface area contributed by atoms with Gasteiger partial charge in [-0.2, -0.15) is 0 Å². The maximum absolute atomic E-state index is 12.0. The average molecular weight is 610 g/mol. The van der Waals surface area contributed by atoms with Crippen LogP contribution < -0.4 is 19.9 Å². The van der Waals surface area contributed by atoms with Crippen molar-refractivity contribution in [1.82, 2.24) is 9.80 Å². The Bertz CT molecular complexity index is 1690. The van der Waals surface area contributed by atoms with E-state index in [9.17, 15) is 10.2 Å². The lowest BCUT2D eigenvalue weighted by Gasteiger charge is -2.59. The summed E-state index contributed by atoms with van der Waals surface area (Å²) < 4.78 is 20.4. The molecule has 2 saturated heterocycles. The first-order valence-corrected chi connectivity index (χ1v) is 17.5. The number of likely N-dealkylation sites (tertiary alicyclic amines) is 2. The molecular weight excluding hydrogens is 566 g/mol. The molecule has 236 valence electrons. The molecule has 45 heavy (non-hydrogen) atoms. The molecule has 2 aromatic rings. The molecule has 10 atom stereocenters. The van der Waals surface area contributed by atoms with Crippen molar-refractivity contribution < 1.29 is 24.4 Å². The molecule has 4 N–H and O–H groups in total. The predicted octanol–water partition coefficient (Wildman–Crippen LogP) is 3.38. The average Bonchev–Trinajstić information content (AvgIpc) is 3.68. The molecule has 0 radical (unpaired) electrons. The van der Waals surface area contributed by atoms with E-state index in [1.54, 1.807) is 6.07 Å². The molecule has 4 aliphatic heterocycles. The lowest BCUT2D eigenvalue weighted by atomic mass is 9.51. The van der Waals surface area contributed by atoms with Gasteiger partial charge in [-0.1, -0.05) is 12.1 Å². The fraction of sp³-hybridized carbons (Fsp3) is 0.622. The predicted molar refractivity (Wildman–Crippen MR) is 167 cm³/mol. The van der Waals surface area contributed by atoms with E-state index in [2.05, 4.69) is 41.1 Å². The van der Waals surface area contributed by atoms with Crippen LogP contribution in [0.5, 0.6) is 23.0 Å². The summed E-state index contributed by atoms with van der Waals surface area (Å²) in [5.74, 6) is 4.36. The number of nitrogens with two attached hydrogens (primary N) is 1. The van der Waals surface area contributed by atoms with E-state index in [1.165, 1.54) is 36.1 Å². The second-order valence-electron chi connectivity index (χ2n) is 16.0. The molecule has 11 rings (SSSR count). The van der Waals surface area contributed by atoms with Crippen molar-refractivity contribution in [3.05, 3.63) is 58.4 Å². The van der Waals surface area contributed by atoms with Crippen molar-refractivity contribution in [2.75, 3.05) is 26.7 Å². The van der Waals surface area contributed by atoms with Crippen LogP contribution >= 0.6 is 0 Å². The second kappa shape index (κ2) is 8.57. The van der Waals surface area contributed by atoms with Crippen LogP contribution in [0.2, 0.25) is 0 Å². The lowest BCUT2D eigenvalue weighted by Crippen LogP contribution is -2.68. The van der Waals surface area contributed by atoms with Gasteiger partial charge < -0.3 is 35.1 Å². The smallest absolute Gasteiger partial charge is 0.169 e. The van der Waals surface area contributed by atoms with Gasteiger partial charge in [-0.05, 0) is 113 Å². The SMILES string of the molecule is CN1CCC23c4c5ccc(O)c4OC2[C@@H](O)C(Oc2ccc4c6c2OC2[C@H](N)CCC7C(C4)N(CC4CC4)CCC672)=CC3C1C5. The summed E-state index contributed by atoms with van der Waals surface area (Å²) in [7, 11) is 2.20. The first kappa shape index (κ1) is 26.3. The van der Waals surface area contributed by atoms with E-state index in [0.717, 1.165) is 68.8 Å². The van der Waals surface area contributed by atoms with Gasteiger partial charge in [0, 0.05) is 52.5 Å². The summed E-state index contributed by atoms with van der Waals surface area (Å²) in [6.45, 7) is 3.29. The third-order valence-electron chi connectivity index (χ3n) is 14.1. The zero-order valence-electron chi connectivity index (χ0n) is 26.0. The van der Waals surface area contributed by atoms with Crippen LogP contribution in [-0.2, 0) is 23.7 Å². The molecule has 8 heteroatoms. The minimum Gasteiger partial charge on any atom is -0.504 e. The number of rotatable bonds is 4. The number of ether oxygens (including phenoxy) is 3. The molecule has 0 aromatic heterocycles. The van der Waals surface area contributed by atoms with Gasteiger partial charge in [-0.15, -0.1) is 0 Å². The first-order valence-electron chi connectivity index (χ1n) is 17.5. The largest absolute Gasteiger partial charge is 0.504 e. The fourth-order valence-corrected chi connectivity index (χ4v) is 12.1. The molecule has 4 heterocycles. The lowest BCUT2D eigenvalue weighted by molar-refractivity contribution is -0.0635. The molecule has 8 nitrogen and oxygen atoms in total.